The molecule has 1 heterocycles. The van der Waals surface area contributed by atoms with Crippen molar-refractivity contribution >= 4 is 0 Å². The van der Waals surface area contributed by atoms with E-state index in [9.17, 15) is 0 Å². The molecule has 1 aliphatic carbocycles. The highest BCUT2D eigenvalue weighted by Crippen LogP contribution is 2.47. The summed E-state index contributed by atoms with van der Waals surface area (Å²) in [6, 6.07) is 4.31. The predicted octanol–water partition coefficient (Wildman–Crippen LogP) is 1.89. The fourth-order valence-electron chi connectivity index (χ4n) is 2.17. The molecule has 0 radical (unpaired) electrons. The van der Waals surface area contributed by atoms with Crippen LogP contribution in [0.1, 0.15) is 17.9 Å². The van der Waals surface area contributed by atoms with Crippen LogP contribution in [0.5, 0.6) is 0 Å². The van der Waals surface area contributed by atoms with E-state index in [4.69, 9.17) is 0 Å². The molecule has 14 heavy (non-hydrogen) atoms. The molecule has 2 heteroatoms. The van der Waals surface area contributed by atoms with Crippen molar-refractivity contribution in [2.24, 2.45) is 5.92 Å². The van der Waals surface area contributed by atoms with E-state index in [0.29, 0.717) is 0 Å². The topological polar surface area (TPSA) is 12.9 Å². The lowest BCUT2D eigenvalue weighted by Gasteiger charge is -2.23. The Kier molecular flexibility index (Phi) is 2.31. The molecule has 1 saturated carbocycles. The molecular weight excluding hydrogens is 172 g/mol. The molecule has 0 spiro atoms. The molecule has 0 N–H and O–H groups in total. The van der Waals surface area contributed by atoms with Crippen LogP contribution in [0, 0.1) is 5.92 Å². The normalized spacial score (nSPS) is 26.2. The maximum Gasteiger partial charge on any atom is 0.0815 e. The molecule has 2 rings (SSSR count). The van der Waals surface area contributed by atoms with Gasteiger partial charge in [0.15, 0.2) is 0 Å². The lowest BCUT2D eigenvalue weighted by molar-refractivity contribution is -0.872. The molecule has 2 atom stereocenters. The standard InChI is InChI=1S/C12H19N2/c1-14(2,3)9-11-8-12(11)10-4-6-13-7-5-10/h4-7,11-12H,8-9H2,1-3H3/q+1/t11-,12+/m1/s1. The van der Waals surface area contributed by atoms with Gasteiger partial charge in [-0.2, -0.15) is 0 Å². The highest BCUT2D eigenvalue weighted by molar-refractivity contribution is 5.22. The Hall–Kier alpha value is -0.890. The van der Waals surface area contributed by atoms with E-state index in [1.807, 2.05) is 12.4 Å². The zero-order valence-corrected chi connectivity index (χ0v) is 9.27. The third kappa shape index (κ3) is 2.32. The van der Waals surface area contributed by atoms with E-state index >= 15 is 0 Å². The zero-order valence-electron chi connectivity index (χ0n) is 9.27. The van der Waals surface area contributed by atoms with Gasteiger partial charge >= 0.3 is 0 Å². The van der Waals surface area contributed by atoms with Gasteiger partial charge in [0.1, 0.15) is 0 Å². The number of aromatic nitrogens is 1. The predicted molar refractivity (Wildman–Crippen MR) is 58.0 cm³/mol. The summed E-state index contributed by atoms with van der Waals surface area (Å²) in [7, 11) is 6.80. The summed E-state index contributed by atoms with van der Waals surface area (Å²) in [5.41, 5.74) is 1.47. The molecule has 0 saturated heterocycles. The maximum absolute atomic E-state index is 4.05. The maximum atomic E-state index is 4.05. The van der Waals surface area contributed by atoms with Gasteiger partial charge in [-0.05, 0) is 30.0 Å². The molecule has 76 valence electrons. The minimum absolute atomic E-state index is 0.801. The third-order valence-corrected chi connectivity index (χ3v) is 2.84. The lowest BCUT2D eigenvalue weighted by atomic mass is 10.1. The molecule has 1 aromatic heterocycles. The first-order valence-corrected chi connectivity index (χ1v) is 5.27. The van der Waals surface area contributed by atoms with Crippen molar-refractivity contribution in [3.63, 3.8) is 0 Å². The minimum atomic E-state index is 0.801. The monoisotopic (exact) mass is 191 g/mol. The first kappa shape index (κ1) is 9.66. The van der Waals surface area contributed by atoms with Crippen LogP contribution in [0.15, 0.2) is 24.5 Å². The van der Waals surface area contributed by atoms with Gasteiger partial charge in [0, 0.05) is 18.3 Å². The Labute approximate surface area is 86.2 Å². The average Bonchev–Trinajstić information content (AvgIpc) is 2.82. The third-order valence-electron chi connectivity index (χ3n) is 2.84. The van der Waals surface area contributed by atoms with Gasteiger partial charge in [0.25, 0.3) is 0 Å². The molecule has 1 fully saturated rings. The number of hydrogen-bond donors (Lipinski definition) is 0. The van der Waals surface area contributed by atoms with Crippen molar-refractivity contribution < 1.29 is 4.48 Å². The summed E-state index contributed by atoms with van der Waals surface area (Å²) in [6.07, 6.45) is 5.16. The highest BCUT2D eigenvalue weighted by atomic mass is 15.3. The van der Waals surface area contributed by atoms with Crippen LogP contribution in [-0.4, -0.2) is 37.2 Å². The summed E-state index contributed by atoms with van der Waals surface area (Å²) in [5, 5.41) is 0. The van der Waals surface area contributed by atoms with Crippen LogP contribution < -0.4 is 0 Å². The molecule has 0 aliphatic heterocycles. The van der Waals surface area contributed by atoms with Gasteiger partial charge in [-0.1, -0.05) is 0 Å². The summed E-state index contributed by atoms with van der Waals surface area (Å²) in [6.45, 7) is 1.28. The molecular formula is C12H19N2+. The van der Waals surface area contributed by atoms with Crippen LogP contribution in [0.4, 0.5) is 0 Å². The molecule has 1 aromatic rings. The van der Waals surface area contributed by atoms with Gasteiger partial charge in [-0.15, -0.1) is 0 Å². The fourth-order valence-corrected chi connectivity index (χ4v) is 2.17. The van der Waals surface area contributed by atoms with E-state index in [2.05, 4.69) is 38.3 Å². The summed E-state index contributed by atoms with van der Waals surface area (Å²) >= 11 is 0. The van der Waals surface area contributed by atoms with Crippen LogP contribution in [0.3, 0.4) is 0 Å². The second-order valence-electron chi connectivity index (χ2n) is 5.36. The Bertz CT molecular complexity index is 300. The first-order chi connectivity index (χ1) is 6.56. The van der Waals surface area contributed by atoms with Gasteiger partial charge in [-0.25, -0.2) is 0 Å². The van der Waals surface area contributed by atoms with Gasteiger partial charge in [0.05, 0.1) is 27.7 Å². The number of quaternary nitrogens is 1. The van der Waals surface area contributed by atoms with E-state index in [1.165, 1.54) is 18.5 Å². The van der Waals surface area contributed by atoms with Crippen LogP contribution in [-0.2, 0) is 0 Å². The van der Waals surface area contributed by atoms with E-state index in [-0.39, 0.29) is 0 Å². The molecule has 0 amide bonds. The Balaban J connectivity index is 1.94. The smallest absolute Gasteiger partial charge is 0.0815 e. The van der Waals surface area contributed by atoms with Crippen LogP contribution >= 0.6 is 0 Å². The average molecular weight is 191 g/mol. The highest BCUT2D eigenvalue weighted by Gasteiger charge is 2.41. The van der Waals surface area contributed by atoms with Crippen molar-refractivity contribution in [1.29, 1.82) is 0 Å². The van der Waals surface area contributed by atoms with Crippen molar-refractivity contribution in [2.45, 2.75) is 12.3 Å². The molecule has 2 nitrogen and oxygen atoms in total. The zero-order chi connectivity index (χ0) is 10.2. The molecule has 0 aromatic carbocycles. The van der Waals surface area contributed by atoms with Crippen molar-refractivity contribution in [1.82, 2.24) is 4.98 Å². The van der Waals surface area contributed by atoms with Gasteiger partial charge in [-0.3, -0.25) is 4.98 Å². The lowest BCUT2D eigenvalue weighted by Crippen LogP contribution is -2.36. The minimum Gasteiger partial charge on any atom is -0.331 e. The first-order valence-electron chi connectivity index (χ1n) is 5.27. The number of rotatable bonds is 3. The summed E-state index contributed by atoms with van der Waals surface area (Å²) in [5.74, 6) is 1.69. The number of nitrogens with zero attached hydrogens (tertiary/aromatic N) is 2. The van der Waals surface area contributed by atoms with Crippen molar-refractivity contribution in [3.05, 3.63) is 30.1 Å². The number of hydrogen-bond acceptors (Lipinski definition) is 1. The molecule has 0 unspecified atom stereocenters. The van der Waals surface area contributed by atoms with Gasteiger partial charge in [0.2, 0.25) is 0 Å². The number of pyridine rings is 1. The Morgan fingerprint density at radius 3 is 2.50 bits per heavy atom. The van der Waals surface area contributed by atoms with E-state index in [0.717, 1.165) is 16.3 Å². The molecule has 1 aliphatic rings. The largest absolute Gasteiger partial charge is 0.331 e. The van der Waals surface area contributed by atoms with E-state index in [1.54, 1.807) is 0 Å². The molecule has 0 bridgehead atoms. The van der Waals surface area contributed by atoms with E-state index < -0.39 is 0 Å². The fraction of sp³-hybridized carbons (Fsp3) is 0.583. The quantitative estimate of drug-likeness (QED) is 0.665. The SMILES string of the molecule is C[N+](C)(C)C[C@H]1C[C@H]1c1ccncc1. The summed E-state index contributed by atoms with van der Waals surface area (Å²) in [4.78, 5) is 4.05. The van der Waals surface area contributed by atoms with Crippen molar-refractivity contribution in [3.8, 4) is 0 Å². The van der Waals surface area contributed by atoms with Gasteiger partial charge < -0.3 is 4.48 Å². The van der Waals surface area contributed by atoms with Crippen molar-refractivity contribution in [2.75, 3.05) is 27.7 Å². The second kappa shape index (κ2) is 3.35. The summed E-state index contributed by atoms with van der Waals surface area (Å²) < 4.78 is 1.08. The Morgan fingerprint density at radius 1 is 1.29 bits per heavy atom. The van der Waals surface area contributed by atoms with Crippen LogP contribution in [0.25, 0.3) is 0 Å². The second-order valence-corrected chi connectivity index (χ2v) is 5.36. The van der Waals surface area contributed by atoms with Crippen LogP contribution in [0.2, 0.25) is 0 Å². The Morgan fingerprint density at radius 2 is 1.93 bits per heavy atom.